The first-order valence-corrected chi connectivity index (χ1v) is 11.9. The summed E-state index contributed by atoms with van der Waals surface area (Å²) in [4.78, 5) is 27.0. The molecule has 5 N–H and O–H groups in total. The number of nitrogens with two attached hydrogens (primary N) is 2. The van der Waals surface area contributed by atoms with Crippen molar-refractivity contribution in [3.63, 3.8) is 0 Å². The molecule has 182 valence electrons. The monoisotopic (exact) mass is 481 g/mol. The van der Waals surface area contributed by atoms with Crippen molar-refractivity contribution in [2.45, 2.75) is 38.1 Å². The number of hydrogen-bond donors (Lipinski definition) is 3. The molecule has 0 unspecified atom stereocenters. The molecule has 4 heterocycles. The number of fused-ring (bicyclic) bond motifs is 2. The van der Waals surface area contributed by atoms with Crippen molar-refractivity contribution in [2.24, 2.45) is 5.73 Å². The lowest BCUT2D eigenvalue weighted by molar-refractivity contribution is 0.205. The van der Waals surface area contributed by atoms with Crippen LogP contribution in [0, 0.1) is 0 Å². The summed E-state index contributed by atoms with van der Waals surface area (Å²) in [6.45, 7) is 0. The van der Waals surface area contributed by atoms with Crippen LogP contribution in [0.2, 0.25) is 0 Å². The average molecular weight is 482 g/mol. The van der Waals surface area contributed by atoms with Crippen LogP contribution in [0.15, 0.2) is 67.3 Å². The molecule has 1 aromatic carbocycles. The normalized spacial score (nSPS) is 13.9. The van der Waals surface area contributed by atoms with Crippen molar-refractivity contribution < 1.29 is 9.90 Å². The fourth-order valence-corrected chi connectivity index (χ4v) is 4.91. The van der Waals surface area contributed by atoms with Crippen LogP contribution in [-0.2, 0) is 0 Å². The Labute approximate surface area is 207 Å². The van der Waals surface area contributed by atoms with E-state index in [0.717, 1.165) is 44.5 Å². The number of anilines is 1. The summed E-state index contributed by atoms with van der Waals surface area (Å²) < 4.78 is 2.32. The maximum atomic E-state index is 8.78. The topological polar surface area (TPSA) is 146 Å². The van der Waals surface area contributed by atoms with Gasteiger partial charge in [0.05, 0.1) is 22.3 Å². The average Bonchev–Trinajstić information content (AvgIpc) is 3.30. The number of nitrogen functional groups attached to an aromatic ring is 1. The highest BCUT2D eigenvalue weighted by atomic mass is 16.4. The van der Waals surface area contributed by atoms with Crippen LogP contribution in [0.4, 0.5) is 10.6 Å². The van der Waals surface area contributed by atoms with Crippen LogP contribution in [0.1, 0.15) is 38.1 Å². The Bertz CT molecular complexity index is 1520. The van der Waals surface area contributed by atoms with Crippen LogP contribution >= 0.6 is 0 Å². The maximum Gasteiger partial charge on any atom is 0.402 e. The third-order valence-electron chi connectivity index (χ3n) is 6.54. The molecule has 9 nitrogen and oxygen atoms in total. The van der Waals surface area contributed by atoms with E-state index in [1.54, 1.807) is 12.5 Å². The van der Waals surface area contributed by atoms with Crippen molar-refractivity contribution in [1.82, 2.24) is 24.5 Å². The van der Waals surface area contributed by atoms with E-state index in [9.17, 15) is 0 Å². The predicted octanol–water partition coefficient (Wildman–Crippen LogP) is 5.42. The van der Waals surface area contributed by atoms with Crippen molar-refractivity contribution in [3.05, 3.63) is 67.3 Å². The highest BCUT2D eigenvalue weighted by Crippen LogP contribution is 2.38. The molecule has 0 radical (unpaired) electrons. The third kappa shape index (κ3) is 4.68. The lowest BCUT2D eigenvalue weighted by atomic mass is 9.95. The van der Waals surface area contributed by atoms with Crippen LogP contribution < -0.4 is 11.5 Å². The molecular weight excluding hydrogens is 454 g/mol. The van der Waals surface area contributed by atoms with E-state index in [0.29, 0.717) is 11.9 Å². The molecule has 5 aromatic rings. The first-order chi connectivity index (χ1) is 17.5. The quantitative estimate of drug-likeness (QED) is 0.312. The van der Waals surface area contributed by atoms with Gasteiger partial charge in [0.2, 0.25) is 0 Å². The molecule has 1 aliphatic rings. The Balaban J connectivity index is 0.000000623. The predicted molar refractivity (Wildman–Crippen MR) is 140 cm³/mol. The SMILES string of the molecule is NC(=O)O.Nc1ncnc2c1c(-c1ccc3ccc(-c4ccccn4)nc3c1)cn2C1CCCCC1. The molecule has 1 fully saturated rings. The summed E-state index contributed by atoms with van der Waals surface area (Å²) in [5.74, 6) is 0.523. The van der Waals surface area contributed by atoms with E-state index < -0.39 is 6.09 Å². The molecule has 0 saturated heterocycles. The van der Waals surface area contributed by atoms with Crippen LogP contribution in [0.3, 0.4) is 0 Å². The van der Waals surface area contributed by atoms with Gasteiger partial charge in [-0.1, -0.05) is 43.5 Å². The number of nitrogens with zero attached hydrogens (tertiary/aromatic N) is 5. The summed E-state index contributed by atoms with van der Waals surface area (Å²) >= 11 is 0. The zero-order valence-corrected chi connectivity index (χ0v) is 19.7. The zero-order chi connectivity index (χ0) is 25.1. The number of carbonyl (C=O) groups is 1. The molecule has 36 heavy (non-hydrogen) atoms. The molecule has 0 atom stereocenters. The van der Waals surface area contributed by atoms with E-state index in [2.05, 4.69) is 55.7 Å². The number of amides is 1. The van der Waals surface area contributed by atoms with Gasteiger partial charge in [0, 0.05) is 29.4 Å². The Morgan fingerprint density at radius 3 is 2.50 bits per heavy atom. The van der Waals surface area contributed by atoms with Gasteiger partial charge < -0.3 is 21.1 Å². The van der Waals surface area contributed by atoms with Crippen LogP contribution in [0.25, 0.3) is 44.5 Å². The van der Waals surface area contributed by atoms with Gasteiger partial charge in [-0.05, 0) is 42.7 Å². The number of hydrogen-bond acceptors (Lipinski definition) is 6. The molecule has 0 spiro atoms. The minimum atomic E-state index is -1.33. The van der Waals surface area contributed by atoms with E-state index in [1.807, 2.05) is 24.3 Å². The Morgan fingerprint density at radius 1 is 0.972 bits per heavy atom. The highest BCUT2D eigenvalue weighted by Gasteiger charge is 2.22. The molecular formula is C27H27N7O2. The van der Waals surface area contributed by atoms with E-state index >= 15 is 0 Å². The van der Waals surface area contributed by atoms with Gasteiger partial charge in [0.15, 0.2) is 0 Å². The second-order valence-electron chi connectivity index (χ2n) is 8.86. The molecule has 0 aliphatic heterocycles. The summed E-state index contributed by atoms with van der Waals surface area (Å²) in [5.41, 5.74) is 16.1. The fourth-order valence-electron chi connectivity index (χ4n) is 4.91. The molecule has 0 bridgehead atoms. The summed E-state index contributed by atoms with van der Waals surface area (Å²) in [7, 11) is 0. The largest absolute Gasteiger partial charge is 0.465 e. The molecule has 6 rings (SSSR count). The van der Waals surface area contributed by atoms with Gasteiger partial charge in [-0.25, -0.2) is 19.7 Å². The smallest absolute Gasteiger partial charge is 0.402 e. The summed E-state index contributed by atoms with van der Waals surface area (Å²) in [6, 6.07) is 16.8. The van der Waals surface area contributed by atoms with E-state index in [-0.39, 0.29) is 0 Å². The Kier molecular flexibility index (Phi) is 6.44. The van der Waals surface area contributed by atoms with Crippen molar-refractivity contribution in [3.8, 4) is 22.5 Å². The number of primary amides is 1. The number of rotatable bonds is 3. The van der Waals surface area contributed by atoms with Gasteiger partial charge >= 0.3 is 6.09 Å². The molecule has 9 heteroatoms. The lowest BCUT2D eigenvalue weighted by Gasteiger charge is -2.23. The van der Waals surface area contributed by atoms with Gasteiger partial charge in [-0.3, -0.25) is 4.98 Å². The van der Waals surface area contributed by atoms with Crippen molar-refractivity contribution in [2.75, 3.05) is 5.73 Å². The minimum absolute atomic E-state index is 0.462. The fraction of sp³-hybridized carbons (Fsp3) is 0.222. The first kappa shape index (κ1) is 23.2. The first-order valence-electron chi connectivity index (χ1n) is 11.9. The molecule has 1 saturated carbocycles. The van der Waals surface area contributed by atoms with Gasteiger partial charge in [-0.15, -0.1) is 0 Å². The molecule has 1 aliphatic carbocycles. The van der Waals surface area contributed by atoms with Crippen LogP contribution in [-0.4, -0.2) is 35.7 Å². The summed E-state index contributed by atoms with van der Waals surface area (Å²) in [6.07, 6.45) is 10.4. The molecule has 1 amide bonds. The second kappa shape index (κ2) is 9.99. The zero-order valence-electron chi connectivity index (χ0n) is 19.7. The Morgan fingerprint density at radius 2 is 1.75 bits per heavy atom. The van der Waals surface area contributed by atoms with Crippen molar-refractivity contribution >= 4 is 33.8 Å². The number of benzene rings is 1. The van der Waals surface area contributed by atoms with Gasteiger partial charge in [-0.2, -0.15) is 0 Å². The molecule has 4 aromatic heterocycles. The second-order valence-corrected chi connectivity index (χ2v) is 8.86. The minimum Gasteiger partial charge on any atom is -0.465 e. The van der Waals surface area contributed by atoms with E-state index in [1.165, 1.54) is 32.1 Å². The maximum absolute atomic E-state index is 8.78. The third-order valence-corrected chi connectivity index (χ3v) is 6.54. The number of carboxylic acid groups (broad SMARTS) is 1. The van der Waals surface area contributed by atoms with Gasteiger partial charge in [0.25, 0.3) is 0 Å². The lowest BCUT2D eigenvalue weighted by Crippen LogP contribution is -2.12. The number of aromatic nitrogens is 5. The standard InChI is InChI=1S/C26H24N6.CH3NO2/c27-25-24-20(15-32(26(24)30-16-29-25)19-6-2-1-3-7-19)18-10-9-17-11-12-22(31-23(17)14-18)21-8-4-5-13-28-21;2-1(3)4/h4-5,8-16,19H,1-3,6-7H2,(H2,27,29,30);2H2,(H,3,4). The summed E-state index contributed by atoms with van der Waals surface area (Å²) in [5, 5.41) is 9.21. The van der Waals surface area contributed by atoms with Crippen molar-refractivity contribution in [1.29, 1.82) is 0 Å². The Hall–Kier alpha value is -4.53. The van der Waals surface area contributed by atoms with E-state index in [4.69, 9.17) is 20.6 Å². The highest BCUT2D eigenvalue weighted by molar-refractivity contribution is 6.02. The van der Waals surface area contributed by atoms with Gasteiger partial charge in [0.1, 0.15) is 17.8 Å². The number of pyridine rings is 2. The van der Waals surface area contributed by atoms with Crippen LogP contribution in [0.5, 0.6) is 0 Å².